The van der Waals surface area contributed by atoms with Gasteiger partial charge in [0.05, 0.1) is 0 Å². The second-order valence-corrected chi connectivity index (χ2v) is 3.28. The number of aliphatic hydroxyl groups excluding tert-OH is 1. The summed E-state index contributed by atoms with van der Waals surface area (Å²) >= 11 is 0. The summed E-state index contributed by atoms with van der Waals surface area (Å²) in [6, 6.07) is 1.17. The first-order valence-corrected chi connectivity index (χ1v) is 4.92. The second kappa shape index (κ2) is 5.81. The van der Waals surface area contributed by atoms with Crippen LogP contribution in [-0.2, 0) is 0 Å². The van der Waals surface area contributed by atoms with Gasteiger partial charge in [-0.3, -0.25) is 0 Å². The minimum Gasteiger partial charge on any atom is -0.476 e. The van der Waals surface area contributed by atoms with Crippen molar-refractivity contribution in [2.45, 2.75) is 13.0 Å². The molecule has 1 unspecified atom stereocenters. The van der Waals surface area contributed by atoms with Gasteiger partial charge in [-0.1, -0.05) is 36.0 Å². The first-order chi connectivity index (χ1) is 8.06. The van der Waals surface area contributed by atoms with Crippen molar-refractivity contribution in [3.63, 3.8) is 0 Å². The number of carboxylic acids is 1. The molecule has 1 aromatic heterocycles. The number of carboxylic acid groups (broad SMARTS) is 1. The molecule has 0 fully saturated rings. The van der Waals surface area contributed by atoms with Crippen molar-refractivity contribution in [1.82, 2.24) is 5.16 Å². The molecule has 0 saturated heterocycles. The number of hydrogen-bond acceptors (Lipinski definition) is 4. The highest BCUT2D eigenvalue weighted by Gasteiger charge is 2.18. The van der Waals surface area contributed by atoms with Crippen LogP contribution in [-0.4, -0.2) is 21.3 Å². The van der Waals surface area contributed by atoms with Gasteiger partial charge in [0.2, 0.25) is 0 Å². The van der Waals surface area contributed by atoms with Crippen molar-refractivity contribution in [1.29, 1.82) is 0 Å². The predicted octanol–water partition coefficient (Wildman–Crippen LogP) is 2.09. The maximum absolute atomic E-state index is 10.6. The molecule has 1 rings (SSSR count). The average Bonchev–Trinajstić information content (AvgIpc) is 2.77. The van der Waals surface area contributed by atoms with E-state index >= 15 is 0 Å². The van der Waals surface area contributed by atoms with E-state index in [9.17, 15) is 9.90 Å². The highest BCUT2D eigenvalue weighted by Crippen LogP contribution is 2.21. The van der Waals surface area contributed by atoms with Crippen LogP contribution in [0.5, 0.6) is 0 Å². The van der Waals surface area contributed by atoms with Gasteiger partial charge in [-0.15, -0.1) is 0 Å². The van der Waals surface area contributed by atoms with Crippen molar-refractivity contribution >= 4 is 5.97 Å². The molecule has 0 radical (unpaired) electrons. The second-order valence-electron chi connectivity index (χ2n) is 3.28. The highest BCUT2D eigenvalue weighted by molar-refractivity contribution is 5.85. The van der Waals surface area contributed by atoms with Gasteiger partial charge < -0.3 is 14.7 Å². The molecule has 1 heterocycles. The minimum absolute atomic E-state index is 0.0533. The lowest BCUT2D eigenvalue weighted by Gasteiger charge is -2.05. The average molecular weight is 235 g/mol. The maximum Gasteiger partial charge on any atom is 0.358 e. The lowest BCUT2D eigenvalue weighted by Crippen LogP contribution is -1.98. The van der Waals surface area contributed by atoms with E-state index in [4.69, 9.17) is 9.63 Å². The molecule has 0 amide bonds. The third kappa shape index (κ3) is 3.42. The fourth-order valence-corrected chi connectivity index (χ4v) is 1.08. The number of allylic oxidation sites excluding steroid dienone is 3. The molecule has 0 aliphatic rings. The van der Waals surface area contributed by atoms with Crippen molar-refractivity contribution in [2.24, 2.45) is 0 Å². The summed E-state index contributed by atoms with van der Waals surface area (Å²) in [5, 5.41) is 21.7. The molecule has 1 atom stereocenters. The summed E-state index contributed by atoms with van der Waals surface area (Å²) in [7, 11) is 0. The number of aromatic nitrogens is 1. The Morgan fingerprint density at radius 2 is 2.29 bits per heavy atom. The molecule has 5 nitrogen and oxygen atoms in total. The highest BCUT2D eigenvalue weighted by atomic mass is 16.5. The fraction of sp³-hybridized carbons (Fsp3) is 0.167. The smallest absolute Gasteiger partial charge is 0.358 e. The molecular weight excluding hydrogens is 222 g/mol. The standard InChI is InChI=1S/C12H13NO4/c1-3-4-5-6-8(2)11(14)10-7-9(12(15)16)13-17-10/h3-7,11,14H,2H2,1H3,(H,15,16)/b4-3-,6-5-. The number of rotatable bonds is 5. The van der Waals surface area contributed by atoms with E-state index in [2.05, 4.69) is 11.7 Å². The summed E-state index contributed by atoms with van der Waals surface area (Å²) in [5.41, 5.74) is 0.139. The monoisotopic (exact) mass is 235 g/mol. The Kier molecular flexibility index (Phi) is 4.42. The van der Waals surface area contributed by atoms with Crippen molar-refractivity contribution in [3.8, 4) is 0 Å². The van der Waals surface area contributed by atoms with E-state index in [0.29, 0.717) is 5.57 Å². The Labute approximate surface area is 98.4 Å². The molecule has 0 saturated carbocycles. The van der Waals surface area contributed by atoms with Crippen LogP contribution in [0.3, 0.4) is 0 Å². The summed E-state index contributed by atoms with van der Waals surface area (Å²) in [6.07, 6.45) is 5.82. The number of carbonyl (C=O) groups is 1. The zero-order valence-corrected chi connectivity index (χ0v) is 9.33. The molecule has 1 aromatic rings. The van der Waals surface area contributed by atoms with Crippen molar-refractivity contribution in [3.05, 3.63) is 54.0 Å². The number of hydrogen-bond donors (Lipinski definition) is 2. The first-order valence-electron chi connectivity index (χ1n) is 4.92. The van der Waals surface area contributed by atoms with Crippen molar-refractivity contribution < 1.29 is 19.5 Å². The minimum atomic E-state index is -1.21. The van der Waals surface area contributed by atoms with Gasteiger partial charge in [0.25, 0.3) is 0 Å². The number of aliphatic hydroxyl groups is 1. The van der Waals surface area contributed by atoms with Crippen LogP contribution >= 0.6 is 0 Å². The molecule has 0 spiro atoms. The van der Waals surface area contributed by atoms with Crippen molar-refractivity contribution in [2.75, 3.05) is 0 Å². The molecule has 2 N–H and O–H groups in total. The molecule has 17 heavy (non-hydrogen) atoms. The van der Waals surface area contributed by atoms with Gasteiger partial charge in [-0.25, -0.2) is 4.79 Å². The lowest BCUT2D eigenvalue weighted by molar-refractivity contribution is 0.0685. The zero-order chi connectivity index (χ0) is 12.8. The van der Waals surface area contributed by atoms with Crippen LogP contribution in [0.25, 0.3) is 0 Å². The van der Waals surface area contributed by atoms with E-state index in [1.165, 1.54) is 6.07 Å². The quantitative estimate of drug-likeness (QED) is 0.763. The zero-order valence-electron chi connectivity index (χ0n) is 9.33. The molecule has 0 aliphatic heterocycles. The third-order valence-electron chi connectivity index (χ3n) is 1.98. The van der Waals surface area contributed by atoms with Gasteiger partial charge in [-0.2, -0.15) is 0 Å². The lowest BCUT2D eigenvalue weighted by atomic mass is 10.1. The molecule has 5 heteroatoms. The number of nitrogens with zero attached hydrogens (tertiary/aromatic N) is 1. The van der Waals surface area contributed by atoms with E-state index in [1.807, 2.05) is 13.0 Å². The molecule has 0 aliphatic carbocycles. The van der Waals surface area contributed by atoms with Gasteiger partial charge in [0.1, 0.15) is 6.10 Å². The van der Waals surface area contributed by atoms with Crippen LogP contribution in [0.15, 0.2) is 47.0 Å². The normalized spacial score (nSPS) is 13.3. The summed E-state index contributed by atoms with van der Waals surface area (Å²) in [4.78, 5) is 10.6. The van der Waals surface area contributed by atoms with Crippen LogP contribution in [0.4, 0.5) is 0 Å². The van der Waals surface area contributed by atoms with Gasteiger partial charge in [-0.05, 0) is 12.5 Å². The van der Waals surface area contributed by atoms with E-state index in [-0.39, 0.29) is 11.5 Å². The van der Waals surface area contributed by atoms with Crippen LogP contribution < -0.4 is 0 Å². The van der Waals surface area contributed by atoms with Crippen LogP contribution in [0.2, 0.25) is 0 Å². The van der Waals surface area contributed by atoms with Gasteiger partial charge in [0.15, 0.2) is 11.5 Å². The summed E-state index contributed by atoms with van der Waals surface area (Å²) in [6.45, 7) is 5.51. The summed E-state index contributed by atoms with van der Waals surface area (Å²) in [5.74, 6) is -1.15. The van der Waals surface area contributed by atoms with Crippen LogP contribution in [0, 0.1) is 0 Å². The van der Waals surface area contributed by atoms with E-state index in [0.717, 1.165) is 0 Å². The largest absolute Gasteiger partial charge is 0.476 e. The van der Waals surface area contributed by atoms with Gasteiger partial charge in [0, 0.05) is 6.07 Å². The Balaban J connectivity index is 2.78. The predicted molar refractivity (Wildman–Crippen MR) is 61.5 cm³/mol. The molecule has 90 valence electrons. The topological polar surface area (TPSA) is 83.6 Å². The molecule has 0 bridgehead atoms. The Morgan fingerprint density at radius 3 is 2.82 bits per heavy atom. The number of aromatic carboxylic acids is 1. The first kappa shape index (κ1) is 12.9. The SMILES string of the molecule is C=C(/C=C\C=C/C)C(O)c1cc(C(=O)O)no1. The Bertz CT molecular complexity index is 471. The molecular formula is C12H13NO4. The summed E-state index contributed by atoms with van der Waals surface area (Å²) < 4.78 is 4.72. The van der Waals surface area contributed by atoms with E-state index in [1.54, 1.807) is 18.2 Å². The fourth-order valence-electron chi connectivity index (χ4n) is 1.08. The van der Waals surface area contributed by atoms with E-state index < -0.39 is 12.1 Å². The van der Waals surface area contributed by atoms with Crippen LogP contribution in [0.1, 0.15) is 29.3 Å². The maximum atomic E-state index is 10.6. The van der Waals surface area contributed by atoms with Gasteiger partial charge >= 0.3 is 5.97 Å². The third-order valence-corrected chi connectivity index (χ3v) is 1.98. The Morgan fingerprint density at radius 1 is 1.59 bits per heavy atom. The molecule has 0 aromatic carbocycles. The Hall–Kier alpha value is -2.14.